The summed E-state index contributed by atoms with van der Waals surface area (Å²) in [5.74, 6) is 1.42. The van der Waals surface area contributed by atoms with E-state index in [2.05, 4.69) is 56.0 Å². The lowest BCUT2D eigenvalue weighted by Gasteiger charge is -2.32. The van der Waals surface area contributed by atoms with Crippen LogP contribution in [0.3, 0.4) is 0 Å². The van der Waals surface area contributed by atoms with Gasteiger partial charge in [0.15, 0.2) is 6.73 Å². The van der Waals surface area contributed by atoms with E-state index in [0.717, 1.165) is 52.9 Å². The van der Waals surface area contributed by atoms with Crippen molar-refractivity contribution in [3.63, 3.8) is 0 Å². The van der Waals surface area contributed by atoms with E-state index in [1.165, 1.54) is 5.56 Å². The van der Waals surface area contributed by atoms with Gasteiger partial charge in [-0.05, 0) is 55.0 Å². The van der Waals surface area contributed by atoms with Gasteiger partial charge < -0.3 is 14.1 Å². The van der Waals surface area contributed by atoms with Gasteiger partial charge in [0.1, 0.15) is 11.3 Å². The van der Waals surface area contributed by atoms with Crippen LogP contribution in [0.1, 0.15) is 55.4 Å². The van der Waals surface area contributed by atoms with E-state index in [9.17, 15) is 4.79 Å². The molecule has 0 saturated carbocycles. The lowest BCUT2D eigenvalue weighted by molar-refractivity contribution is 0.287. The van der Waals surface area contributed by atoms with E-state index in [1.54, 1.807) is 6.07 Å². The Morgan fingerprint density at radius 1 is 1.14 bits per heavy atom. The largest absolute Gasteiger partial charge is 0.472 e. The Morgan fingerprint density at radius 3 is 2.57 bits per heavy atom. The summed E-state index contributed by atoms with van der Waals surface area (Å²) in [4.78, 5) is 14.1. The lowest BCUT2D eigenvalue weighted by atomic mass is 9.98. The Morgan fingerprint density at radius 2 is 1.89 bits per heavy atom. The average Bonchev–Trinajstić information content (AvgIpc) is 2.73. The van der Waals surface area contributed by atoms with Crippen molar-refractivity contribution in [3.05, 3.63) is 69.1 Å². The summed E-state index contributed by atoms with van der Waals surface area (Å²) in [7, 11) is 0. The normalized spacial score (nSPS) is 14.6. The number of rotatable bonds is 4. The highest BCUT2D eigenvalue weighted by atomic mass is 16.5. The number of hydrogen-bond donors (Lipinski definition) is 0. The minimum atomic E-state index is -0.300. The Bertz CT molecular complexity index is 1070. The molecule has 4 nitrogen and oxygen atoms in total. The molecule has 0 fully saturated rings. The first kappa shape index (κ1) is 18.6. The van der Waals surface area contributed by atoms with Crippen LogP contribution in [0, 0.1) is 6.92 Å². The van der Waals surface area contributed by atoms with Gasteiger partial charge in [0, 0.05) is 34.8 Å². The minimum absolute atomic E-state index is 0.300. The van der Waals surface area contributed by atoms with Crippen molar-refractivity contribution >= 4 is 16.7 Å². The van der Waals surface area contributed by atoms with E-state index in [-0.39, 0.29) is 5.63 Å². The van der Waals surface area contributed by atoms with Crippen molar-refractivity contribution in [1.29, 1.82) is 0 Å². The smallest absolute Gasteiger partial charge is 0.336 e. The fourth-order valence-electron chi connectivity index (χ4n) is 3.99. The van der Waals surface area contributed by atoms with Crippen molar-refractivity contribution < 1.29 is 9.15 Å². The second-order valence-electron chi connectivity index (χ2n) is 7.68. The summed E-state index contributed by atoms with van der Waals surface area (Å²) < 4.78 is 11.6. The van der Waals surface area contributed by atoms with Crippen molar-refractivity contribution in [3.8, 4) is 5.75 Å². The Labute approximate surface area is 165 Å². The number of anilines is 1. The second kappa shape index (κ2) is 7.34. The van der Waals surface area contributed by atoms with Crippen molar-refractivity contribution in [2.24, 2.45) is 0 Å². The summed E-state index contributed by atoms with van der Waals surface area (Å²) in [5, 5.41) is 1.01. The van der Waals surface area contributed by atoms with Gasteiger partial charge in [-0.3, -0.25) is 0 Å². The molecule has 2 heterocycles. The first-order valence-electron chi connectivity index (χ1n) is 10.1. The number of aryl methyl sites for hydroxylation is 2. The molecule has 1 aliphatic heterocycles. The van der Waals surface area contributed by atoms with Crippen molar-refractivity contribution in [1.82, 2.24) is 0 Å². The number of benzene rings is 2. The fraction of sp³-hybridized carbons (Fsp3) is 0.375. The lowest BCUT2D eigenvalue weighted by Crippen LogP contribution is -2.32. The molecule has 2 aromatic carbocycles. The molecular formula is C24H27NO3. The van der Waals surface area contributed by atoms with Gasteiger partial charge in [0.2, 0.25) is 0 Å². The van der Waals surface area contributed by atoms with Crippen LogP contribution in [0.25, 0.3) is 11.0 Å². The molecule has 146 valence electrons. The van der Waals surface area contributed by atoms with E-state index in [4.69, 9.17) is 9.15 Å². The van der Waals surface area contributed by atoms with Gasteiger partial charge in [-0.1, -0.05) is 32.9 Å². The molecule has 1 atom stereocenters. The van der Waals surface area contributed by atoms with Gasteiger partial charge in [-0.25, -0.2) is 4.79 Å². The first-order chi connectivity index (χ1) is 13.5. The molecule has 0 spiro atoms. The van der Waals surface area contributed by atoms with E-state index < -0.39 is 0 Å². The van der Waals surface area contributed by atoms with Crippen LogP contribution >= 0.6 is 0 Å². The van der Waals surface area contributed by atoms with Crippen LogP contribution in [0.4, 0.5) is 5.69 Å². The van der Waals surface area contributed by atoms with Crippen molar-refractivity contribution in [2.75, 3.05) is 11.6 Å². The second-order valence-corrected chi connectivity index (χ2v) is 7.68. The molecule has 0 bridgehead atoms. The molecular weight excluding hydrogens is 350 g/mol. The molecule has 1 aromatic heterocycles. The van der Waals surface area contributed by atoms with Gasteiger partial charge in [-0.15, -0.1) is 0 Å². The topological polar surface area (TPSA) is 42.7 Å². The molecule has 0 radical (unpaired) electrons. The standard InChI is InChI=1S/C24H27NO3/c1-5-15(3)18-7-9-20(10-8-18)25-13-19-11-21-17(6-2)12-22(26)28-24(21)16(4)23(19)27-14-25/h7-12,15H,5-6,13-14H2,1-4H3/t15-/m1/s1. The molecule has 0 amide bonds. The molecule has 3 aromatic rings. The summed E-state index contributed by atoms with van der Waals surface area (Å²) in [6.07, 6.45) is 1.93. The third kappa shape index (κ3) is 3.17. The first-order valence-corrected chi connectivity index (χ1v) is 10.1. The highest BCUT2D eigenvalue weighted by Gasteiger charge is 2.23. The minimum Gasteiger partial charge on any atom is -0.472 e. The third-order valence-corrected chi connectivity index (χ3v) is 5.92. The number of hydrogen-bond acceptors (Lipinski definition) is 4. The molecule has 1 aliphatic rings. The Hall–Kier alpha value is -2.75. The molecule has 0 saturated heterocycles. The highest BCUT2D eigenvalue weighted by molar-refractivity contribution is 5.86. The number of fused-ring (bicyclic) bond motifs is 2. The van der Waals surface area contributed by atoms with Crippen LogP contribution in [0.15, 0.2) is 45.6 Å². The van der Waals surface area contributed by atoms with Crippen LogP contribution in [0.2, 0.25) is 0 Å². The monoisotopic (exact) mass is 377 g/mol. The zero-order valence-electron chi connectivity index (χ0n) is 17.0. The molecule has 4 heteroatoms. The summed E-state index contributed by atoms with van der Waals surface area (Å²) in [6.45, 7) is 9.77. The molecule has 28 heavy (non-hydrogen) atoms. The average molecular weight is 377 g/mol. The Kier molecular flexibility index (Phi) is 4.88. The maximum absolute atomic E-state index is 11.9. The third-order valence-electron chi connectivity index (χ3n) is 5.92. The number of ether oxygens (including phenoxy) is 1. The summed E-state index contributed by atoms with van der Waals surface area (Å²) >= 11 is 0. The van der Waals surface area contributed by atoms with Crippen LogP contribution in [-0.4, -0.2) is 6.73 Å². The molecule has 0 aliphatic carbocycles. The van der Waals surface area contributed by atoms with E-state index >= 15 is 0 Å². The maximum Gasteiger partial charge on any atom is 0.336 e. The zero-order valence-corrected chi connectivity index (χ0v) is 17.0. The quantitative estimate of drug-likeness (QED) is 0.560. The highest BCUT2D eigenvalue weighted by Crippen LogP contribution is 2.37. The maximum atomic E-state index is 11.9. The van der Waals surface area contributed by atoms with Crippen molar-refractivity contribution in [2.45, 2.75) is 53.0 Å². The van der Waals surface area contributed by atoms with Gasteiger partial charge in [0.05, 0.1) is 0 Å². The van der Waals surface area contributed by atoms with Crippen LogP contribution < -0.4 is 15.3 Å². The van der Waals surface area contributed by atoms with Crippen LogP contribution in [0.5, 0.6) is 5.75 Å². The zero-order chi connectivity index (χ0) is 19.8. The summed E-state index contributed by atoms with van der Waals surface area (Å²) in [5.41, 5.74) is 5.94. The van der Waals surface area contributed by atoms with Gasteiger partial charge in [0.25, 0.3) is 0 Å². The van der Waals surface area contributed by atoms with Gasteiger partial charge >= 0.3 is 5.63 Å². The predicted octanol–water partition coefficient (Wildman–Crippen LogP) is 5.53. The fourth-order valence-corrected chi connectivity index (χ4v) is 3.99. The molecule has 4 rings (SSSR count). The molecule has 0 N–H and O–H groups in total. The SMILES string of the molecule is CCc1cc(=O)oc2c(C)c3c(cc12)CN(c1ccc([C@H](C)CC)cc1)CO3. The van der Waals surface area contributed by atoms with E-state index in [0.29, 0.717) is 18.2 Å². The number of nitrogens with zero attached hydrogens (tertiary/aromatic N) is 1. The Balaban J connectivity index is 1.71. The summed E-state index contributed by atoms with van der Waals surface area (Å²) in [6, 6.07) is 12.5. The van der Waals surface area contributed by atoms with E-state index in [1.807, 2.05) is 6.92 Å². The predicted molar refractivity (Wildman–Crippen MR) is 113 cm³/mol. The van der Waals surface area contributed by atoms with Crippen LogP contribution in [-0.2, 0) is 13.0 Å². The van der Waals surface area contributed by atoms with Gasteiger partial charge in [-0.2, -0.15) is 0 Å². The molecule has 0 unspecified atom stereocenters.